The molecule has 0 spiro atoms. The summed E-state index contributed by atoms with van der Waals surface area (Å²) >= 11 is 4.92. The van der Waals surface area contributed by atoms with Crippen LogP contribution in [0.25, 0.3) is 0 Å². The third-order valence-corrected chi connectivity index (χ3v) is 3.66. The van der Waals surface area contributed by atoms with Gasteiger partial charge < -0.3 is 9.52 Å². The lowest BCUT2D eigenvalue weighted by Gasteiger charge is -2.05. The number of hydrogen-bond donors (Lipinski definition) is 1. The third-order valence-electron chi connectivity index (χ3n) is 1.93. The van der Waals surface area contributed by atoms with E-state index >= 15 is 0 Å². The topological polar surface area (TPSA) is 33.4 Å². The highest BCUT2D eigenvalue weighted by Gasteiger charge is 2.11. The standard InChI is InChI=1S/C10H9BrO2S/c11-10-2-1-9(14-10)8(12)5-7-3-4-13-6-7/h1-4,6,8,12H,5H2. The zero-order valence-corrected chi connectivity index (χ0v) is 9.72. The first-order valence-electron chi connectivity index (χ1n) is 4.20. The second-order valence-electron chi connectivity index (χ2n) is 2.99. The molecule has 2 nitrogen and oxygen atoms in total. The predicted molar refractivity (Wildman–Crippen MR) is 59.4 cm³/mol. The van der Waals surface area contributed by atoms with Gasteiger partial charge in [0.15, 0.2) is 0 Å². The van der Waals surface area contributed by atoms with Gasteiger partial charge in [0.1, 0.15) is 0 Å². The van der Waals surface area contributed by atoms with Crippen molar-refractivity contribution in [1.82, 2.24) is 0 Å². The quantitative estimate of drug-likeness (QED) is 0.930. The number of furan rings is 1. The molecular formula is C10H9BrO2S. The zero-order chi connectivity index (χ0) is 9.97. The van der Waals surface area contributed by atoms with E-state index in [0.717, 1.165) is 14.2 Å². The minimum atomic E-state index is -0.441. The summed E-state index contributed by atoms with van der Waals surface area (Å²) in [4.78, 5) is 0.970. The number of thiophene rings is 1. The zero-order valence-electron chi connectivity index (χ0n) is 7.31. The maximum Gasteiger partial charge on any atom is 0.0935 e. The van der Waals surface area contributed by atoms with Crippen molar-refractivity contribution in [1.29, 1.82) is 0 Å². The minimum absolute atomic E-state index is 0.441. The number of aliphatic hydroxyl groups is 1. The van der Waals surface area contributed by atoms with E-state index in [2.05, 4.69) is 15.9 Å². The maximum atomic E-state index is 9.85. The molecule has 2 aromatic rings. The molecule has 0 radical (unpaired) electrons. The second kappa shape index (κ2) is 4.29. The first kappa shape index (κ1) is 9.96. The summed E-state index contributed by atoms with van der Waals surface area (Å²) in [6.07, 6.45) is 3.44. The van der Waals surface area contributed by atoms with Crippen LogP contribution in [0.4, 0.5) is 0 Å². The van der Waals surface area contributed by atoms with Gasteiger partial charge in [-0.05, 0) is 39.7 Å². The van der Waals surface area contributed by atoms with Crippen molar-refractivity contribution in [3.8, 4) is 0 Å². The van der Waals surface area contributed by atoms with Crippen molar-refractivity contribution in [2.24, 2.45) is 0 Å². The van der Waals surface area contributed by atoms with Crippen LogP contribution < -0.4 is 0 Å². The van der Waals surface area contributed by atoms with Gasteiger partial charge in [0, 0.05) is 11.3 Å². The Bertz CT molecular complexity index is 394. The molecule has 0 saturated carbocycles. The van der Waals surface area contributed by atoms with Crippen molar-refractivity contribution in [3.63, 3.8) is 0 Å². The van der Waals surface area contributed by atoms with Crippen molar-refractivity contribution < 1.29 is 9.52 Å². The lowest BCUT2D eigenvalue weighted by molar-refractivity contribution is 0.182. The van der Waals surface area contributed by atoms with Crippen LogP contribution in [0, 0.1) is 0 Å². The van der Waals surface area contributed by atoms with Crippen LogP contribution in [0.3, 0.4) is 0 Å². The van der Waals surface area contributed by atoms with Crippen LogP contribution in [0.2, 0.25) is 0 Å². The van der Waals surface area contributed by atoms with Crippen LogP contribution in [0.15, 0.2) is 38.9 Å². The Kier molecular flexibility index (Phi) is 3.05. The van der Waals surface area contributed by atoms with Gasteiger partial charge in [-0.15, -0.1) is 11.3 Å². The molecule has 0 aliphatic carbocycles. The minimum Gasteiger partial charge on any atom is -0.472 e. The summed E-state index contributed by atoms with van der Waals surface area (Å²) in [5, 5.41) is 9.85. The van der Waals surface area contributed by atoms with Gasteiger partial charge in [-0.2, -0.15) is 0 Å². The first-order valence-corrected chi connectivity index (χ1v) is 5.81. The second-order valence-corrected chi connectivity index (χ2v) is 5.49. The smallest absolute Gasteiger partial charge is 0.0935 e. The van der Waals surface area contributed by atoms with Crippen molar-refractivity contribution in [2.45, 2.75) is 12.5 Å². The fourth-order valence-corrected chi connectivity index (χ4v) is 2.65. The van der Waals surface area contributed by atoms with Crippen LogP contribution in [0.5, 0.6) is 0 Å². The lowest BCUT2D eigenvalue weighted by atomic mass is 10.1. The normalized spacial score (nSPS) is 13.0. The molecule has 1 N–H and O–H groups in total. The van der Waals surface area contributed by atoms with Gasteiger partial charge in [0.25, 0.3) is 0 Å². The average Bonchev–Trinajstić information content (AvgIpc) is 2.75. The fraction of sp³-hybridized carbons (Fsp3) is 0.200. The van der Waals surface area contributed by atoms with Crippen molar-refractivity contribution in [2.75, 3.05) is 0 Å². The summed E-state index contributed by atoms with van der Waals surface area (Å²) in [5.41, 5.74) is 1.02. The maximum absolute atomic E-state index is 9.85. The molecule has 0 aliphatic rings. The lowest BCUT2D eigenvalue weighted by Crippen LogP contribution is -1.97. The van der Waals surface area contributed by atoms with Gasteiger partial charge in [0.2, 0.25) is 0 Å². The molecule has 74 valence electrons. The summed E-state index contributed by atoms with van der Waals surface area (Å²) in [6.45, 7) is 0. The fourth-order valence-electron chi connectivity index (χ4n) is 1.24. The summed E-state index contributed by atoms with van der Waals surface area (Å²) in [6, 6.07) is 5.74. The Balaban J connectivity index is 2.06. The third kappa shape index (κ3) is 2.26. The Morgan fingerprint density at radius 2 is 2.29 bits per heavy atom. The van der Waals surface area contributed by atoms with Gasteiger partial charge in [0.05, 0.1) is 22.4 Å². The summed E-state index contributed by atoms with van der Waals surface area (Å²) in [7, 11) is 0. The molecule has 1 unspecified atom stereocenters. The molecule has 2 heterocycles. The van der Waals surface area contributed by atoms with E-state index in [-0.39, 0.29) is 0 Å². The summed E-state index contributed by atoms with van der Waals surface area (Å²) < 4.78 is 5.98. The van der Waals surface area contributed by atoms with Crippen molar-refractivity contribution >= 4 is 27.3 Å². The number of rotatable bonds is 3. The molecule has 2 rings (SSSR count). The molecule has 14 heavy (non-hydrogen) atoms. The van der Waals surface area contributed by atoms with E-state index in [9.17, 15) is 5.11 Å². The molecule has 0 aliphatic heterocycles. The molecule has 2 aromatic heterocycles. The van der Waals surface area contributed by atoms with Gasteiger partial charge >= 0.3 is 0 Å². The van der Waals surface area contributed by atoms with Crippen molar-refractivity contribution in [3.05, 3.63) is 45.0 Å². The molecule has 0 bridgehead atoms. The van der Waals surface area contributed by atoms with Crippen LogP contribution in [-0.2, 0) is 6.42 Å². The van der Waals surface area contributed by atoms with E-state index < -0.39 is 6.10 Å². The van der Waals surface area contributed by atoms with Gasteiger partial charge in [-0.3, -0.25) is 0 Å². The van der Waals surface area contributed by atoms with E-state index in [1.807, 2.05) is 18.2 Å². The predicted octanol–water partition coefficient (Wildman–Crippen LogP) is 3.38. The van der Waals surface area contributed by atoms with E-state index in [1.54, 1.807) is 23.9 Å². The summed E-state index contributed by atoms with van der Waals surface area (Å²) in [5.74, 6) is 0. The molecule has 4 heteroatoms. The first-order chi connectivity index (χ1) is 6.75. The number of aliphatic hydroxyl groups excluding tert-OH is 1. The van der Waals surface area contributed by atoms with E-state index in [4.69, 9.17) is 4.42 Å². The van der Waals surface area contributed by atoms with E-state index in [0.29, 0.717) is 6.42 Å². The van der Waals surface area contributed by atoms with Gasteiger partial charge in [-0.25, -0.2) is 0 Å². The molecule has 0 fully saturated rings. The monoisotopic (exact) mass is 272 g/mol. The molecule has 1 atom stereocenters. The van der Waals surface area contributed by atoms with E-state index in [1.165, 1.54) is 0 Å². The SMILES string of the molecule is OC(Cc1ccoc1)c1ccc(Br)s1. The number of halogens is 1. The average molecular weight is 273 g/mol. The Labute approximate surface area is 94.3 Å². The van der Waals surface area contributed by atoms with Crippen LogP contribution in [0.1, 0.15) is 16.5 Å². The Morgan fingerprint density at radius 3 is 2.86 bits per heavy atom. The molecular weight excluding hydrogens is 264 g/mol. The Hall–Kier alpha value is -0.580. The molecule has 0 aromatic carbocycles. The highest BCUT2D eigenvalue weighted by atomic mass is 79.9. The highest BCUT2D eigenvalue weighted by molar-refractivity contribution is 9.11. The van der Waals surface area contributed by atoms with Gasteiger partial charge in [-0.1, -0.05) is 0 Å². The largest absolute Gasteiger partial charge is 0.472 e. The molecule has 0 saturated heterocycles. The van der Waals surface area contributed by atoms with Crippen LogP contribution in [-0.4, -0.2) is 5.11 Å². The van der Waals surface area contributed by atoms with Crippen LogP contribution >= 0.6 is 27.3 Å². The Morgan fingerprint density at radius 1 is 1.43 bits per heavy atom. The molecule has 0 amide bonds. The highest BCUT2D eigenvalue weighted by Crippen LogP contribution is 2.29. The number of hydrogen-bond acceptors (Lipinski definition) is 3.